The van der Waals surface area contributed by atoms with Crippen molar-refractivity contribution in [2.75, 3.05) is 19.8 Å². The van der Waals surface area contributed by atoms with E-state index >= 15 is 0 Å². The summed E-state index contributed by atoms with van der Waals surface area (Å²) < 4.78 is 5.56. The van der Waals surface area contributed by atoms with Gasteiger partial charge in [0, 0.05) is 6.54 Å². The molecule has 0 spiro atoms. The van der Waals surface area contributed by atoms with Crippen molar-refractivity contribution in [3.05, 3.63) is 70.7 Å². The van der Waals surface area contributed by atoms with E-state index in [9.17, 15) is 4.79 Å². The van der Waals surface area contributed by atoms with Crippen LogP contribution >= 0.6 is 11.6 Å². The summed E-state index contributed by atoms with van der Waals surface area (Å²) in [7, 11) is 0. The highest BCUT2D eigenvalue weighted by Crippen LogP contribution is 2.27. The molecule has 1 unspecified atom stereocenters. The number of morpholine rings is 1. The van der Waals surface area contributed by atoms with E-state index in [1.165, 1.54) is 0 Å². The van der Waals surface area contributed by atoms with E-state index in [1.807, 2.05) is 47.4 Å². The minimum atomic E-state index is -0.0660. The van der Waals surface area contributed by atoms with E-state index in [0.29, 0.717) is 30.3 Å². The Hall–Kier alpha value is -1.84. The van der Waals surface area contributed by atoms with Crippen molar-refractivity contribution in [1.82, 2.24) is 4.90 Å². The Kier molecular flexibility index (Phi) is 4.23. The van der Waals surface area contributed by atoms with Gasteiger partial charge in [-0.05, 0) is 17.7 Å². The highest BCUT2D eigenvalue weighted by atomic mass is 35.5. The molecule has 1 saturated heterocycles. The Morgan fingerprint density at radius 2 is 1.81 bits per heavy atom. The second-order valence-electron chi connectivity index (χ2n) is 4.98. The van der Waals surface area contributed by atoms with Crippen molar-refractivity contribution < 1.29 is 9.53 Å². The lowest BCUT2D eigenvalue weighted by molar-refractivity contribution is -0.00268. The predicted molar refractivity (Wildman–Crippen MR) is 82.5 cm³/mol. The number of nitrogens with zero attached hydrogens (tertiary/aromatic N) is 1. The normalized spacial score (nSPS) is 18.5. The SMILES string of the molecule is O=C(c1ccccc1Cl)N1CCOCC1c1ccccc1. The highest BCUT2D eigenvalue weighted by Gasteiger charge is 2.29. The van der Waals surface area contributed by atoms with E-state index in [4.69, 9.17) is 16.3 Å². The number of amides is 1. The van der Waals surface area contributed by atoms with Crippen molar-refractivity contribution in [3.8, 4) is 0 Å². The number of ether oxygens (including phenoxy) is 1. The maximum absolute atomic E-state index is 12.8. The van der Waals surface area contributed by atoms with Gasteiger partial charge in [-0.1, -0.05) is 54.1 Å². The van der Waals surface area contributed by atoms with E-state index in [0.717, 1.165) is 5.56 Å². The Labute approximate surface area is 129 Å². The molecule has 3 nitrogen and oxygen atoms in total. The quantitative estimate of drug-likeness (QED) is 0.849. The summed E-state index contributed by atoms with van der Waals surface area (Å²) in [5.41, 5.74) is 1.62. The number of carbonyl (C=O) groups excluding carboxylic acids is 1. The Balaban J connectivity index is 1.91. The first kappa shape index (κ1) is 14.1. The van der Waals surface area contributed by atoms with Gasteiger partial charge in [-0.15, -0.1) is 0 Å². The molecule has 0 aromatic heterocycles. The Morgan fingerprint density at radius 1 is 1.10 bits per heavy atom. The van der Waals surface area contributed by atoms with Crippen molar-refractivity contribution in [2.45, 2.75) is 6.04 Å². The molecule has 1 aliphatic heterocycles. The van der Waals surface area contributed by atoms with Crippen LogP contribution in [-0.2, 0) is 4.74 Å². The molecule has 2 aromatic carbocycles. The summed E-state index contributed by atoms with van der Waals surface area (Å²) in [5, 5.41) is 0.487. The summed E-state index contributed by atoms with van der Waals surface area (Å²) in [4.78, 5) is 14.6. The fourth-order valence-corrected chi connectivity index (χ4v) is 2.80. The van der Waals surface area contributed by atoms with E-state index < -0.39 is 0 Å². The third-order valence-corrected chi connectivity index (χ3v) is 4.01. The zero-order valence-corrected chi connectivity index (χ0v) is 12.3. The van der Waals surface area contributed by atoms with Gasteiger partial charge in [0.1, 0.15) is 0 Å². The summed E-state index contributed by atoms with van der Waals surface area (Å²) in [6, 6.07) is 17.1. The molecule has 0 radical (unpaired) electrons. The van der Waals surface area contributed by atoms with Crippen LogP contribution in [0.15, 0.2) is 54.6 Å². The van der Waals surface area contributed by atoms with Crippen LogP contribution in [-0.4, -0.2) is 30.6 Å². The molecule has 0 bridgehead atoms. The molecular formula is C17H16ClNO2. The van der Waals surface area contributed by atoms with Gasteiger partial charge >= 0.3 is 0 Å². The number of hydrogen-bond acceptors (Lipinski definition) is 2. The van der Waals surface area contributed by atoms with E-state index in [1.54, 1.807) is 12.1 Å². The topological polar surface area (TPSA) is 29.5 Å². The fourth-order valence-electron chi connectivity index (χ4n) is 2.59. The zero-order chi connectivity index (χ0) is 14.7. The largest absolute Gasteiger partial charge is 0.377 e. The molecule has 1 atom stereocenters. The van der Waals surface area contributed by atoms with E-state index in [-0.39, 0.29) is 11.9 Å². The maximum atomic E-state index is 12.8. The number of hydrogen-bond donors (Lipinski definition) is 0. The van der Waals surface area contributed by atoms with Crippen LogP contribution in [0.4, 0.5) is 0 Å². The molecule has 1 amide bonds. The first-order valence-corrected chi connectivity index (χ1v) is 7.33. The smallest absolute Gasteiger partial charge is 0.256 e. The van der Waals surface area contributed by atoms with Gasteiger partial charge in [-0.2, -0.15) is 0 Å². The van der Waals surface area contributed by atoms with Gasteiger partial charge in [0.2, 0.25) is 0 Å². The summed E-state index contributed by atoms with van der Waals surface area (Å²) in [6.45, 7) is 1.64. The maximum Gasteiger partial charge on any atom is 0.256 e. The minimum absolute atomic E-state index is 0.0437. The van der Waals surface area contributed by atoms with Crippen LogP contribution in [0.2, 0.25) is 5.02 Å². The summed E-state index contributed by atoms with van der Waals surface area (Å²) in [6.07, 6.45) is 0. The molecule has 0 N–H and O–H groups in total. The molecule has 4 heteroatoms. The van der Waals surface area contributed by atoms with Crippen LogP contribution in [0.5, 0.6) is 0 Å². The zero-order valence-electron chi connectivity index (χ0n) is 11.5. The third kappa shape index (κ3) is 2.94. The molecule has 1 heterocycles. The van der Waals surface area contributed by atoms with Crippen molar-refractivity contribution in [2.24, 2.45) is 0 Å². The lowest BCUT2D eigenvalue weighted by Gasteiger charge is -2.36. The molecule has 108 valence electrons. The van der Waals surface area contributed by atoms with Gasteiger partial charge in [0.15, 0.2) is 0 Å². The highest BCUT2D eigenvalue weighted by molar-refractivity contribution is 6.33. The fraction of sp³-hybridized carbons (Fsp3) is 0.235. The molecular weight excluding hydrogens is 286 g/mol. The second kappa shape index (κ2) is 6.29. The first-order chi connectivity index (χ1) is 10.3. The van der Waals surface area contributed by atoms with Gasteiger partial charge in [0.25, 0.3) is 5.91 Å². The van der Waals surface area contributed by atoms with Crippen molar-refractivity contribution >= 4 is 17.5 Å². The summed E-state index contributed by atoms with van der Waals surface area (Å²) in [5.74, 6) is -0.0437. The van der Waals surface area contributed by atoms with Crippen LogP contribution < -0.4 is 0 Å². The van der Waals surface area contributed by atoms with Crippen molar-refractivity contribution in [1.29, 1.82) is 0 Å². The molecule has 1 fully saturated rings. The third-order valence-electron chi connectivity index (χ3n) is 3.68. The molecule has 3 rings (SSSR count). The molecule has 2 aromatic rings. The number of rotatable bonds is 2. The van der Waals surface area contributed by atoms with Gasteiger partial charge in [-0.25, -0.2) is 0 Å². The average Bonchev–Trinajstić information content (AvgIpc) is 2.55. The Morgan fingerprint density at radius 3 is 2.57 bits per heavy atom. The minimum Gasteiger partial charge on any atom is -0.377 e. The molecule has 0 aliphatic carbocycles. The molecule has 0 saturated carbocycles. The number of carbonyl (C=O) groups is 1. The van der Waals surface area contributed by atoms with Crippen LogP contribution in [0.25, 0.3) is 0 Å². The predicted octanol–water partition coefficient (Wildman–Crippen LogP) is 3.55. The van der Waals surface area contributed by atoms with Crippen LogP contribution in [0, 0.1) is 0 Å². The molecule has 1 aliphatic rings. The van der Waals surface area contributed by atoms with E-state index in [2.05, 4.69) is 0 Å². The second-order valence-corrected chi connectivity index (χ2v) is 5.39. The average molecular weight is 302 g/mol. The monoisotopic (exact) mass is 301 g/mol. The van der Waals surface area contributed by atoms with Gasteiger partial charge in [0.05, 0.1) is 29.8 Å². The number of benzene rings is 2. The number of halogens is 1. The van der Waals surface area contributed by atoms with Crippen LogP contribution in [0.1, 0.15) is 22.0 Å². The van der Waals surface area contributed by atoms with Crippen LogP contribution in [0.3, 0.4) is 0 Å². The first-order valence-electron chi connectivity index (χ1n) is 6.95. The van der Waals surface area contributed by atoms with Gasteiger partial charge < -0.3 is 9.64 Å². The standard InChI is InChI=1S/C17H16ClNO2/c18-15-9-5-4-8-14(15)17(20)19-10-11-21-12-16(19)13-6-2-1-3-7-13/h1-9,16H,10-12H2. The molecule has 21 heavy (non-hydrogen) atoms. The van der Waals surface area contributed by atoms with Gasteiger partial charge in [-0.3, -0.25) is 4.79 Å². The summed E-state index contributed by atoms with van der Waals surface area (Å²) >= 11 is 6.15. The Bertz CT molecular complexity index is 630. The van der Waals surface area contributed by atoms with Crippen molar-refractivity contribution in [3.63, 3.8) is 0 Å². The lowest BCUT2D eigenvalue weighted by Crippen LogP contribution is -2.43. The lowest BCUT2D eigenvalue weighted by atomic mass is 10.0.